The average Bonchev–Trinajstić information content (AvgIpc) is 2.88. The third kappa shape index (κ3) is 1.70. The van der Waals surface area contributed by atoms with Crippen molar-refractivity contribution in [2.75, 3.05) is 5.73 Å². The number of imidazole rings is 1. The molecule has 0 radical (unpaired) electrons. The summed E-state index contributed by atoms with van der Waals surface area (Å²) in [5.74, 6) is 0.509. The SMILES string of the molecule is CCn1nc(C)c2nc(N)n(-c3ccc(C)cc3C)c21. The first kappa shape index (κ1) is 12.7. The highest BCUT2D eigenvalue weighted by Gasteiger charge is 2.18. The van der Waals surface area contributed by atoms with Crippen molar-refractivity contribution < 1.29 is 0 Å². The quantitative estimate of drug-likeness (QED) is 0.778. The van der Waals surface area contributed by atoms with Gasteiger partial charge in [-0.1, -0.05) is 17.7 Å². The molecule has 0 amide bonds. The fraction of sp³-hybridized carbons (Fsp3) is 0.333. The molecule has 0 saturated carbocycles. The van der Waals surface area contributed by atoms with Gasteiger partial charge in [-0.25, -0.2) is 9.67 Å². The lowest BCUT2D eigenvalue weighted by Crippen LogP contribution is -2.07. The number of nitrogens with zero attached hydrogens (tertiary/aromatic N) is 4. The van der Waals surface area contributed by atoms with Crippen LogP contribution in [-0.2, 0) is 6.54 Å². The van der Waals surface area contributed by atoms with Crippen LogP contribution in [0.4, 0.5) is 5.95 Å². The van der Waals surface area contributed by atoms with E-state index in [1.165, 1.54) is 11.1 Å². The molecule has 3 rings (SSSR count). The predicted octanol–water partition coefficient (Wildman–Crippen LogP) is 2.75. The maximum Gasteiger partial charge on any atom is 0.207 e. The van der Waals surface area contributed by atoms with Crippen molar-refractivity contribution in [3.05, 3.63) is 35.0 Å². The summed E-state index contributed by atoms with van der Waals surface area (Å²) < 4.78 is 3.95. The maximum absolute atomic E-state index is 6.14. The summed E-state index contributed by atoms with van der Waals surface area (Å²) >= 11 is 0. The molecular formula is C15H19N5. The molecule has 2 heterocycles. The van der Waals surface area contributed by atoms with Gasteiger partial charge in [0.1, 0.15) is 5.52 Å². The minimum absolute atomic E-state index is 0.509. The summed E-state index contributed by atoms with van der Waals surface area (Å²) in [5.41, 5.74) is 12.4. The molecule has 0 fully saturated rings. The number of rotatable bonds is 2. The Morgan fingerprint density at radius 1 is 1.20 bits per heavy atom. The number of anilines is 1. The van der Waals surface area contributed by atoms with Gasteiger partial charge in [0.25, 0.3) is 0 Å². The minimum Gasteiger partial charge on any atom is -0.369 e. The van der Waals surface area contributed by atoms with E-state index in [1.807, 2.05) is 16.2 Å². The Balaban J connectivity index is 2.38. The Hall–Kier alpha value is -2.30. The Morgan fingerprint density at radius 3 is 2.60 bits per heavy atom. The zero-order valence-electron chi connectivity index (χ0n) is 12.3. The smallest absolute Gasteiger partial charge is 0.207 e. The molecule has 0 spiro atoms. The second-order valence-electron chi connectivity index (χ2n) is 5.17. The standard InChI is InChI=1S/C15H19N5/c1-5-19-14-13(11(4)18-19)17-15(16)20(14)12-7-6-9(2)8-10(12)3/h6-8H,5H2,1-4H3,(H2,16,17). The van der Waals surface area contributed by atoms with Crippen LogP contribution < -0.4 is 5.73 Å². The summed E-state index contributed by atoms with van der Waals surface area (Å²) in [7, 11) is 0. The van der Waals surface area contributed by atoms with Crippen molar-refractivity contribution in [1.82, 2.24) is 19.3 Å². The van der Waals surface area contributed by atoms with E-state index < -0.39 is 0 Å². The molecule has 0 saturated heterocycles. The zero-order valence-corrected chi connectivity index (χ0v) is 12.3. The first-order valence-corrected chi connectivity index (χ1v) is 6.82. The predicted molar refractivity (Wildman–Crippen MR) is 81.2 cm³/mol. The largest absolute Gasteiger partial charge is 0.369 e. The zero-order chi connectivity index (χ0) is 14.4. The first-order valence-electron chi connectivity index (χ1n) is 6.82. The van der Waals surface area contributed by atoms with Gasteiger partial charge >= 0.3 is 0 Å². The lowest BCUT2D eigenvalue weighted by Gasteiger charge is -2.11. The Labute approximate surface area is 118 Å². The lowest BCUT2D eigenvalue weighted by molar-refractivity contribution is 0.663. The van der Waals surface area contributed by atoms with Gasteiger partial charge in [-0.2, -0.15) is 5.10 Å². The van der Waals surface area contributed by atoms with Gasteiger partial charge in [0.15, 0.2) is 5.65 Å². The number of hydrogen-bond acceptors (Lipinski definition) is 3. The summed E-state index contributed by atoms with van der Waals surface area (Å²) in [6, 6.07) is 6.33. The van der Waals surface area contributed by atoms with E-state index >= 15 is 0 Å². The van der Waals surface area contributed by atoms with E-state index in [0.717, 1.165) is 29.1 Å². The first-order chi connectivity index (χ1) is 9.52. The van der Waals surface area contributed by atoms with E-state index in [4.69, 9.17) is 5.73 Å². The molecule has 104 valence electrons. The second-order valence-corrected chi connectivity index (χ2v) is 5.17. The van der Waals surface area contributed by atoms with Crippen molar-refractivity contribution in [2.24, 2.45) is 0 Å². The highest BCUT2D eigenvalue weighted by molar-refractivity contribution is 5.80. The fourth-order valence-electron chi connectivity index (χ4n) is 2.70. The van der Waals surface area contributed by atoms with E-state index in [9.17, 15) is 0 Å². The molecule has 0 unspecified atom stereocenters. The summed E-state index contributed by atoms with van der Waals surface area (Å²) in [6.45, 7) is 9.01. The van der Waals surface area contributed by atoms with E-state index in [0.29, 0.717) is 5.95 Å². The molecule has 0 bridgehead atoms. The highest BCUT2D eigenvalue weighted by atomic mass is 15.4. The maximum atomic E-state index is 6.14. The third-order valence-corrected chi connectivity index (χ3v) is 3.63. The number of benzene rings is 1. The highest BCUT2D eigenvalue weighted by Crippen LogP contribution is 2.27. The van der Waals surface area contributed by atoms with Crippen LogP contribution in [0.2, 0.25) is 0 Å². The van der Waals surface area contributed by atoms with Gasteiger partial charge in [-0.05, 0) is 39.3 Å². The van der Waals surface area contributed by atoms with Crippen LogP contribution in [0.25, 0.3) is 16.9 Å². The summed E-state index contributed by atoms with van der Waals surface area (Å²) in [4.78, 5) is 4.48. The Kier molecular flexibility index (Phi) is 2.78. The molecule has 3 aromatic rings. The van der Waals surface area contributed by atoms with Gasteiger partial charge < -0.3 is 5.73 Å². The molecule has 2 aromatic heterocycles. The molecule has 5 nitrogen and oxygen atoms in total. The molecule has 0 aliphatic rings. The normalized spacial score (nSPS) is 11.4. The van der Waals surface area contributed by atoms with Gasteiger partial charge in [-0.3, -0.25) is 4.57 Å². The van der Waals surface area contributed by atoms with Gasteiger partial charge in [0, 0.05) is 6.54 Å². The van der Waals surface area contributed by atoms with Gasteiger partial charge in [0.2, 0.25) is 5.95 Å². The van der Waals surface area contributed by atoms with Crippen molar-refractivity contribution in [1.29, 1.82) is 0 Å². The topological polar surface area (TPSA) is 61.7 Å². The van der Waals surface area contributed by atoms with Crippen molar-refractivity contribution in [3.8, 4) is 5.69 Å². The van der Waals surface area contributed by atoms with Gasteiger partial charge in [0.05, 0.1) is 11.4 Å². The number of fused-ring (bicyclic) bond motifs is 1. The number of nitrogens with two attached hydrogens (primary N) is 1. The van der Waals surface area contributed by atoms with Crippen molar-refractivity contribution in [2.45, 2.75) is 34.2 Å². The van der Waals surface area contributed by atoms with Crippen molar-refractivity contribution >= 4 is 17.1 Å². The third-order valence-electron chi connectivity index (χ3n) is 3.63. The molecule has 2 N–H and O–H groups in total. The Bertz CT molecular complexity index is 794. The number of aryl methyl sites for hydroxylation is 4. The molecule has 0 atom stereocenters. The monoisotopic (exact) mass is 269 g/mol. The molecule has 1 aromatic carbocycles. The minimum atomic E-state index is 0.509. The van der Waals surface area contributed by atoms with Crippen LogP contribution in [-0.4, -0.2) is 19.3 Å². The number of hydrogen-bond donors (Lipinski definition) is 1. The second kappa shape index (κ2) is 4.37. The van der Waals surface area contributed by atoms with Crippen molar-refractivity contribution in [3.63, 3.8) is 0 Å². The van der Waals surface area contributed by atoms with Crippen LogP contribution in [0.1, 0.15) is 23.7 Å². The summed E-state index contributed by atoms with van der Waals surface area (Å²) in [5, 5.41) is 4.52. The Morgan fingerprint density at radius 2 is 1.95 bits per heavy atom. The number of nitrogen functional groups attached to an aromatic ring is 1. The molecular weight excluding hydrogens is 250 g/mol. The molecule has 0 aliphatic heterocycles. The average molecular weight is 269 g/mol. The van der Waals surface area contributed by atoms with E-state index in [-0.39, 0.29) is 0 Å². The number of aromatic nitrogens is 4. The van der Waals surface area contributed by atoms with E-state index in [1.54, 1.807) is 0 Å². The molecule has 5 heteroatoms. The van der Waals surface area contributed by atoms with Gasteiger partial charge in [-0.15, -0.1) is 0 Å². The van der Waals surface area contributed by atoms with Crippen LogP contribution in [0.15, 0.2) is 18.2 Å². The van der Waals surface area contributed by atoms with E-state index in [2.05, 4.69) is 49.1 Å². The van der Waals surface area contributed by atoms with Crippen LogP contribution in [0.5, 0.6) is 0 Å². The van der Waals surface area contributed by atoms with Crippen LogP contribution in [0, 0.1) is 20.8 Å². The van der Waals surface area contributed by atoms with Crippen LogP contribution in [0.3, 0.4) is 0 Å². The summed E-state index contributed by atoms with van der Waals surface area (Å²) in [6.07, 6.45) is 0. The fourth-order valence-corrected chi connectivity index (χ4v) is 2.70. The van der Waals surface area contributed by atoms with Crippen LogP contribution >= 0.6 is 0 Å². The molecule has 0 aliphatic carbocycles. The molecule has 20 heavy (non-hydrogen) atoms. The lowest BCUT2D eigenvalue weighted by atomic mass is 10.1.